The summed E-state index contributed by atoms with van der Waals surface area (Å²) in [5.41, 5.74) is 3.01. The normalized spacial score (nSPS) is 11.9. The molecule has 1 atom stereocenters. The van der Waals surface area contributed by atoms with E-state index in [-0.39, 0.29) is 11.0 Å². The van der Waals surface area contributed by atoms with Crippen LogP contribution in [-0.2, 0) is 0 Å². The van der Waals surface area contributed by atoms with E-state index in [9.17, 15) is 4.79 Å². The molecule has 0 saturated heterocycles. The first kappa shape index (κ1) is 15.6. The van der Waals surface area contributed by atoms with Crippen LogP contribution in [0.3, 0.4) is 0 Å². The zero-order chi connectivity index (χ0) is 16.1. The van der Waals surface area contributed by atoms with E-state index in [4.69, 9.17) is 0 Å². The molecular formula is C21H18OS. The first-order valence-corrected chi connectivity index (χ1v) is 8.49. The Kier molecular flexibility index (Phi) is 4.94. The zero-order valence-electron chi connectivity index (χ0n) is 13.0. The monoisotopic (exact) mass is 318 g/mol. The van der Waals surface area contributed by atoms with E-state index >= 15 is 0 Å². The number of hydrogen-bond acceptors (Lipinski definition) is 2. The molecular weight excluding hydrogens is 300 g/mol. The Morgan fingerprint density at radius 2 is 1.35 bits per heavy atom. The molecule has 0 heterocycles. The summed E-state index contributed by atoms with van der Waals surface area (Å²) < 4.78 is 0. The van der Waals surface area contributed by atoms with Crippen LogP contribution in [0.1, 0.15) is 26.7 Å². The molecule has 0 aliphatic heterocycles. The maximum atomic E-state index is 13.0. The quantitative estimate of drug-likeness (QED) is 0.442. The maximum Gasteiger partial charge on any atom is 0.180 e. The Bertz CT molecular complexity index is 764. The van der Waals surface area contributed by atoms with E-state index in [0.717, 1.165) is 16.0 Å². The molecule has 0 aromatic heterocycles. The SMILES string of the molecule is Cc1ccc(SC(C(=O)c2ccccc2)c2ccccc2)cc1. The van der Waals surface area contributed by atoms with Crippen LogP contribution < -0.4 is 0 Å². The summed E-state index contributed by atoms with van der Waals surface area (Å²) >= 11 is 1.60. The molecule has 3 aromatic rings. The van der Waals surface area contributed by atoms with Crippen LogP contribution in [-0.4, -0.2) is 5.78 Å². The second-order valence-corrected chi connectivity index (χ2v) is 6.63. The van der Waals surface area contributed by atoms with Gasteiger partial charge in [-0.15, -0.1) is 11.8 Å². The van der Waals surface area contributed by atoms with E-state index in [0.29, 0.717) is 0 Å². The number of thioether (sulfide) groups is 1. The highest BCUT2D eigenvalue weighted by atomic mass is 32.2. The molecule has 0 amide bonds. The van der Waals surface area contributed by atoms with Crippen molar-refractivity contribution in [2.45, 2.75) is 17.1 Å². The number of benzene rings is 3. The summed E-state index contributed by atoms with van der Waals surface area (Å²) in [6, 6.07) is 27.8. The first-order chi connectivity index (χ1) is 11.2. The van der Waals surface area contributed by atoms with E-state index in [1.807, 2.05) is 60.7 Å². The van der Waals surface area contributed by atoms with Crippen LogP contribution in [0, 0.1) is 6.92 Å². The van der Waals surface area contributed by atoms with Crippen molar-refractivity contribution in [3.05, 3.63) is 102 Å². The third-order valence-electron chi connectivity index (χ3n) is 3.67. The van der Waals surface area contributed by atoms with Crippen molar-refractivity contribution in [1.82, 2.24) is 0 Å². The second kappa shape index (κ2) is 7.30. The lowest BCUT2D eigenvalue weighted by atomic mass is 10.0. The maximum absolute atomic E-state index is 13.0. The summed E-state index contributed by atoms with van der Waals surface area (Å²) in [4.78, 5) is 14.1. The molecule has 0 aliphatic carbocycles. The number of aryl methyl sites for hydroxylation is 1. The number of rotatable bonds is 5. The number of carbonyl (C=O) groups is 1. The van der Waals surface area contributed by atoms with Gasteiger partial charge in [0, 0.05) is 10.5 Å². The van der Waals surface area contributed by atoms with E-state index < -0.39 is 0 Å². The highest BCUT2D eigenvalue weighted by molar-refractivity contribution is 8.00. The third kappa shape index (κ3) is 3.91. The van der Waals surface area contributed by atoms with Crippen LogP contribution in [0.15, 0.2) is 89.8 Å². The van der Waals surface area contributed by atoms with Crippen molar-refractivity contribution in [1.29, 1.82) is 0 Å². The van der Waals surface area contributed by atoms with Crippen molar-refractivity contribution >= 4 is 17.5 Å². The van der Waals surface area contributed by atoms with Crippen molar-refractivity contribution in [3.63, 3.8) is 0 Å². The lowest BCUT2D eigenvalue weighted by Crippen LogP contribution is -2.09. The molecule has 0 spiro atoms. The fourth-order valence-electron chi connectivity index (χ4n) is 2.41. The van der Waals surface area contributed by atoms with E-state index in [1.165, 1.54) is 5.56 Å². The summed E-state index contributed by atoms with van der Waals surface area (Å²) in [5, 5.41) is -0.235. The van der Waals surface area contributed by atoms with Crippen LogP contribution in [0.5, 0.6) is 0 Å². The minimum Gasteiger partial charge on any atom is -0.293 e. The molecule has 3 aromatic carbocycles. The van der Waals surface area contributed by atoms with Gasteiger partial charge in [-0.25, -0.2) is 0 Å². The Morgan fingerprint density at radius 1 is 0.783 bits per heavy atom. The van der Waals surface area contributed by atoms with Crippen molar-refractivity contribution in [2.24, 2.45) is 0 Å². The van der Waals surface area contributed by atoms with Crippen molar-refractivity contribution in [2.75, 3.05) is 0 Å². The van der Waals surface area contributed by atoms with Crippen molar-refractivity contribution < 1.29 is 4.79 Å². The van der Waals surface area contributed by atoms with Gasteiger partial charge in [0.1, 0.15) is 0 Å². The summed E-state index contributed by atoms with van der Waals surface area (Å²) in [6.45, 7) is 2.07. The van der Waals surface area contributed by atoms with Gasteiger partial charge in [0.25, 0.3) is 0 Å². The molecule has 1 nitrogen and oxygen atoms in total. The van der Waals surface area contributed by atoms with Crippen LogP contribution in [0.2, 0.25) is 0 Å². The predicted molar refractivity (Wildman–Crippen MR) is 97.0 cm³/mol. The molecule has 0 saturated carbocycles. The average Bonchev–Trinajstić information content (AvgIpc) is 2.62. The lowest BCUT2D eigenvalue weighted by Gasteiger charge is -2.16. The topological polar surface area (TPSA) is 17.1 Å². The zero-order valence-corrected chi connectivity index (χ0v) is 13.8. The minimum absolute atomic E-state index is 0.141. The fourth-order valence-corrected chi connectivity index (χ4v) is 3.51. The standard InChI is InChI=1S/C21H18OS/c1-16-12-14-19(15-13-16)23-21(18-10-6-3-7-11-18)20(22)17-8-4-2-5-9-17/h2-15,21H,1H3. The first-order valence-electron chi connectivity index (χ1n) is 7.61. The summed E-state index contributed by atoms with van der Waals surface area (Å²) in [5.74, 6) is 0.141. The van der Waals surface area contributed by atoms with Gasteiger partial charge in [-0.05, 0) is 24.6 Å². The van der Waals surface area contributed by atoms with Crippen LogP contribution >= 0.6 is 11.8 Å². The molecule has 0 N–H and O–H groups in total. The van der Waals surface area contributed by atoms with Crippen LogP contribution in [0.25, 0.3) is 0 Å². The molecule has 2 heteroatoms. The number of carbonyl (C=O) groups excluding carboxylic acids is 1. The van der Waals surface area contributed by atoms with Gasteiger partial charge >= 0.3 is 0 Å². The molecule has 0 bridgehead atoms. The van der Waals surface area contributed by atoms with Gasteiger partial charge in [-0.2, -0.15) is 0 Å². The Labute approximate surface area is 141 Å². The molecule has 1 unspecified atom stereocenters. The van der Waals surface area contributed by atoms with Gasteiger partial charge < -0.3 is 0 Å². The Morgan fingerprint density at radius 3 is 1.96 bits per heavy atom. The van der Waals surface area contributed by atoms with Gasteiger partial charge in [0.15, 0.2) is 5.78 Å². The Hall–Kier alpha value is -2.32. The Balaban J connectivity index is 1.94. The average molecular weight is 318 g/mol. The van der Waals surface area contributed by atoms with Gasteiger partial charge in [-0.3, -0.25) is 4.79 Å². The van der Waals surface area contributed by atoms with Gasteiger partial charge in [0.2, 0.25) is 0 Å². The number of Topliss-reactive ketones (excluding diaryl/α,β-unsaturated/α-hetero) is 1. The molecule has 0 aliphatic rings. The van der Waals surface area contributed by atoms with E-state index in [2.05, 4.69) is 31.2 Å². The highest BCUT2D eigenvalue weighted by Crippen LogP contribution is 2.37. The minimum atomic E-state index is -0.235. The predicted octanol–water partition coefficient (Wildman–Crippen LogP) is 5.71. The largest absolute Gasteiger partial charge is 0.293 e. The molecule has 23 heavy (non-hydrogen) atoms. The summed E-state index contributed by atoms with van der Waals surface area (Å²) in [6.07, 6.45) is 0. The fraction of sp³-hybridized carbons (Fsp3) is 0.0952. The second-order valence-electron chi connectivity index (χ2n) is 5.45. The van der Waals surface area contributed by atoms with Gasteiger partial charge in [0.05, 0.1) is 5.25 Å². The van der Waals surface area contributed by atoms with Crippen molar-refractivity contribution in [3.8, 4) is 0 Å². The van der Waals surface area contributed by atoms with Crippen LogP contribution in [0.4, 0.5) is 0 Å². The molecule has 0 radical (unpaired) electrons. The summed E-state index contributed by atoms with van der Waals surface area (Å²) in [7, 11) is 0. The molecule has 3 rings (SSSR count). The number of ketones is 1. The molecule has 0 fully saturated rings. The third-order valence-corrected chi connectivity index (χ3v) is 4.94. The van der Waals surface area contributed by atoms with E-state index in [1.54, 1.807) is 11.8 Å². The van der Waals surface area contributed by atoms with Gasteiger partial charge in [-0.1, -0.05) is 78.4 Å². The lowest BCUT2D eigenvalue weighted by molar-refractivity contribution is 0.0989. The molecule has 114 valence electrons. The number of hydrogen-bond donors (Lipinski definition) is 0. The highest BCUT2D eigenvalue weighted by Gasteiger charge is 2.23. The smallest absolute Gasteiger partial charge is 0.180 e.